The first kappa shape index (κ1) is 17.7. The Balaban J connectivity index is 1.40. The number of nitrogens with zero attached hydrogens (tertiary/aromatic N) is 3. The molecule has 1 atom stereocenters. The minimum atomic E-state index is -1.13. The summed E-state index contributed by atoms with van der Waals surface area (Å²) in [5.41, 5.74) is 3.91. The van der Waals surface area contributed by atoms with Crippen molar-refractivity contribution in [3.8, 4) is 11.1 Å². The number of rotatable bonds is 5. The van der Waals surface area contributed by atoms with Gasteiger partial charge in [-0.1, -0.05) is 18.2 Å². The van der Waals surface area contributed by atoms with Gasteiger partial charge in [-0.05, 0) is 48.2 Å². The number of aromatic nitrogens is 2. The molecule has 1 saturated heterocycles. The van der Waals surface area contributed by atoms with Crippen LogP contribution in [0.5, 0.6) is 0 Å². The number of nitrogens with one attached hydrogen (secondary N) is 1. The van der Waals surface area contributed by atoms with Crippen LogP contribution in [0.3, 0.4) is 0 Å². The van der Waals surface area contributed by atoms with E-state index in [1.165, 1.54) is 0 Å². The van der Waals surface area contributed by atoms with E-state index in [0.717, 1.165) is 72.0 Å². The van der Waals surface area contributed by atoms with Gasteiger partial charge >= 0.3 is 0 Å². The van der Waals surface area contributed by atoms with Gasteiger partial charge in [-0.15, -0.1) is 0 Å². The van der Waals surface area contributed by atoms with Crippen LogP contribution < -0.4 is 9.62 Å². The molecular formula is C21H22N4O2S. The zero-order valence-corrected chi connectivity index (χ0v) is 16.3. The second-order valence-corrected chi connectivity index (χ2v) is 8.46. The lowest BCUT2D eigenvalue weighted by atomic mass is 10.1. The van der Waals surface area contributed by atoms with Gasteiger partial charge < -0.3 is 9.64 Å². The zero-order chi connectivity index (χ0) is 18.9. The predicted molar refractivity (Wildman–Crippen MR) is 111 cm³/mol. The molecular weight excluding hydrogens is 372 g/mol. The van der Waals surface area contributed by atoms with E-state index in [0.29, 0.717) is 6.04 Å². The molecule has 3 aromatic rings. The maximum Gasteiger partial charge on any atom is 0.148 e. The Bertz CT molecular complexity index is 1010. The molecule has 0 radical (unpaired) electrons. The summed E-state index contributed by atoms with van der Waals surface area (Å²) in [6, 6.07) is 14.4. The van der Waals surface area contributed by atoms with Crippen LogP contribution in [-0.2, 0) is 15.7 Å². The average Bonchev–Trinajstić information content (AvgIpc) is 3.58. The van der Waals surface area contributed by atoms with Crippen LogP contribution >= 0.6 is 0 Å². The van der Waals surface area contributed by atoms with Crippen LogP contribution in [0, 0.1) is 0 Å². The van der Waals surface area contributed by atoms with E-state index in [2.05, 4.69) is 26.7 Å². The number of fused-ring (bicyclic) bond motifs is 1. The molecule has 1 aliphatic carbocycles. The fourth-order valence-corrected chi connectivity index (χ4v) is 4.38. The molecule has 7 heteroatoms. The molecule has 0 bridgehead atoms. The molecule has 28 heavy (non-hydrogen) atoms. The van der Waals surface area contributed by atoms with E-state index >= 15 is 0 Å². The Kier molecular flexibility index (Phi) is 4.80. The van der Waals surface area contributed by atoms with Crippen molar-refractivity contribution in [3.63, 3.8) is 0 Å². The molecule has 0 amide bonds. The summed E-state index contributed by atoms with van der Waals surface area (Å²) in [5, 5.41) is 0. The molecule has 2 aromatic carbocycles. The molecule has 1 aliphatic heterocycles. The molecule has 0 spiro atoms. The Labute approximate surface area is 166 Å². The molecule has 5 rings (SSSR count). The van der Waals surface area contributed by atoms with Crippen molar-refractivity contribution in [1.82, 2.24) is 14.7 Å². The van der Waals surface area contributed by atoms with Gasteiger partial charge in [-0.3, -0.25) is 4.98 Å². The number of ether oxygens (including phenoxy) is 1. The molecule has 1 aromatic heterocycles. The van der Waals surface area contributed by atoms with E-state index in [1.807, 2.05) is 36.5 Å². The second kappa shape index (κ2) is 7.58. The maximum absolute atomic E-state index is 12.3. The summed E-state index contributed by atoms with van der Waals surface area (Å²) in [6.45, 7) is 3.13. The molecule has 1 N–H and O–H groups in total. The van der Waals surface area contributed by atoms with Crippen LogP contribution in [0.2, 0.25) is 0 Å². The number of hydrogen-bond donors (Lipinski definition) is 1. The Morgan fingerprint density at radius 1 is 1.00 bits per heavy atom. The highest BCUT2D eigenvalue weighted by Crippen LogP contribution is 2.26. The summed E-state index contributed by atoms with van der Waals surface area (Å²) in [7, 11) is -1.13. The summed E-state index contributed by atoms with van der Waals surface area (Å²) >= 11 is 0. The predicted octanol–water partition coefficient (Wildman–Crippen LogP) is 2.91. The summed E-state index contributed by atoms with van der Waals surface area (Å²) < 4.78 is 20.8. The number of morpholine rings is 1. The van der Waals surface area contributed by atoms with Gasteiger partial charge in [-0.25, -0.2) is 13.9 Å². The van der Waals surface area contributed by atoms with Gasteiger partial charge in [0.05, 0.1) is 35.3 Å². The Morgan fingerprint density at radius 3 is 2.50 bits per heavy atom. The highest BCUT2D eigenvalue weighted by atomic mass is 32.2. The molecule has 2 heterocycles. The highest BCUT2D eigenvalue weighted by Gasteiger charge is 2.23. The maximum atomic E-state index is 12.3. The van der Waals surface area contributed by atoms with Gasteiger partial charge in [0.25, 0.3) is 0 Å². The summed E-state index contributed by atoms with van der Waals surface area (Å²) in [6.07, 6.45) is 4.08. The van der Waals surface area contributed by atoms with Gasteiger partial charge in [0.1, 0.15) is 16.8 Å². The monoisotopic (exact) mass is 394 g/mol. The summed E-state index contributed by atoms with van der Waals surface area (Å²) in [5.74, 6) is 0.893. The van der Waals surface area contributed by atoms with E-state index in [-0.39, 0.29) is 0 Å². The fourth-order valence-electron chi connectivity index (χ4n) is 3.32. The van der Waals surface area contributed by atoms with Crippen LogP contribution in [0.25, 0.3) is 22.2 Å². The molecule has 2 fully saturated rings. The normalized spacial score (nSPS) is 18.4. The lowest BCUT2D eigenvalue weighted by Crippen LogP contribution is -2.36. The Morgan fingerprint density at radius 2 is 1.75 bits per heavy atom. The fraction of sp³-hybridized carbons (Fsp3) is 0.333. The first-order valence-electron chi connectivity index (χ1n) is 9.64. The van der Waals surface area contributed by atoms with Gasteiger partial charge in [0, 0.05) is 19.1 Å². The van der Waals surface area contributed by atoms with Crippen LogP contribution in [0.4, 0.5) is 5.82 Å². The third kappa shape index (κ3) is 3.78. The van der Waals surface area contributed by atoms with E-state index in [4.69, 9.17) is 9.72 Å². The van der Waals surface area contributed by atoms with Crippen molar-refractivity contribution >= 4 is 27.8 Å². The zero-order valence-electron chi connectivity index (χ0n) is 15.5. The van der Waals surface area contributed by atoms with E-state index in [1.54, 1.807) is 0 Å². The molecule has 1 saturated carbocycles. The quantitative estimate of drug-likeness (QED) is 0.721. The van der Waals surface area contributed by atoms with Crippen molar-refractivity contribution in [1.29, 1.82) is 0 Å². The van der Waals surface area contributed by atoms with Crippen molar-refractivity contribution in [3.05, 3.63) is 48.7 Å². The lowest BCUT2D eigenvalue weighted by molar-refractivity contribution is 0.122. The minimum Gasteiger partial charge on any atom is -0.378 e. The standard InChI is InChI=1S/C21H22N4O2S/c26-28(24-17-4-5-17)18-6-1-15(2-7-18)16-3-8-19-20(13-16)23-21(14-22-19)25-9-11-27-12-10-25/h1-3,6-8,13-14,17,24H,4-5,9-12H2. The minimum absolute atomic E-state index is 0.417. The van der Waals surface area contributed by atoms with E-state index in [9.17, 15) is 4.21 Å². The molecule has 1 unspecified atom stereocenters. The van der Waals surface area contributed by atoms with Gasteiger partial charge in [-0.2, -0.15) is 0 Å². The van der Waals surface area contributed by atoms with E-state index < -0.39 is 11.0 Å². The largest absolute Gasteiger partial charge is 0.378 e. The SMILES string of the molecule is O=S(NC1CC1)c1ccc(-c2ccc3ncc(N4CCOCC4)nc3c2)cc1. The van der Waals surface area contributed by atoms with Gasteiger partial charge in [0.15, 0.2) is 0 Å². The smallest absolute Gasteiger partial charge is 0.148 e. The number of anilines is 1. The van der Waals surface area contributed by atoms with Gasteiger partial charge in [0.2, 0.25) is 0 Å². The summed E-state index contributed by atoms with van der Waals surface area (Å²) in [4.78, 5) is 12.4. The molecule has 2 aliphatic rings. The van der Waals surface area contributed by atoms with Crippen LogP contribution in [0.15, 0.2) is 53.6 Å². The topological polar surface area (TPSA) is 67.4 Å². The third-order valence-electron chi connectivity index (χ3n) is 5.12. The van der Waals surface area contributed by atoms with Crippen LogP contribution in [0.1, 0.15) is 12.8 Å². The number of hydrogen-bond acceptors (Lipinski definition) is 5. The molecule has 6 nitrogen and oxygen atoms in total. The van der Waals surface area contributed by atoms with Crippen molar-refractivity contribution in [2.75, 3.05) is 31.2 Å². The van der Waals surface area contributed by atoms with Crippen molar-refractivity contribution < 1.29 is 8.95 Å². The third-order valence-corrected chi connectivity index (χ3v) is 6.37. The van der Waals surface area contributed by atoms with Crippen LogP contribution in [-0.4, -0.2) is 46.5 Å². The van der Waals surface area contributed by atoms with Crippen molar-refractivity contribution in [2.24, 2.45) is 0 Å². The first-order chi connectivity index (χ1) is 13.8. The average molecular weight is 395 g/mol. The second-order valence-electron chi connectivity index (χ2n) is 7.22. The highest BCUT2D eigenvalue weighted by molar-refractivity contribution is 7.83. The Hall–Kier alpha value is -2.35. The number of benzene rings is 2. The lowest BCUT2D eigenvalue weighted by Gasteiger charge is -2.27. The van der Waals surface area contributed by atoms with Crippen molar-refractivity contribution in [2.45, 2.75) is 23.8 Å². The molecule has 144 valence electrons. The first-order valence-corrected chi connectivity index (χ1v) is 10.8.